The van der Waals surface area contributed by atoms with Gasteiger partial charge >= 0.3 is 0 Å². The summed E-state index contributed by atoms with van der Waals surface area (Å²) in [5, 5.41) is 9.57. The van der Waals surface area contributed by atoms with E-state index in [1.165, 1.54) is 0 Å². The zero-order valence-electron chi connectivity index (χ0n) is 8.23. The highest BCUT2D eigenvalue weighted by Gasteiger charge is 2.09. The van der Waals surface area contributed by atoms with Crippen LogP contribution < -0.4 is 11.5 Å². The van der Waals surface area contributed by atoms with E-state index in [1.807, 2.05) is 19.1 Å². The molecule has 1 atom stereocenters. The van der Waals surface area contributed by atoms with E-state index in [4.69, 9.17) is 11.5 Å². The van der Waals surface area contributed by atoms with Crippen molar-refractivity contribution in [1.29, 1.82) is 0 Å². The number of halogens is 1. The van der Waals surface area contributed by atoms with Crippen LogP contribution in [0.4, 0.5) is 0 Å². The van der Waals surface area contributed by atoms with Gasteiger partial charge in [-0.2, -0.15) is 0 Å². The van der Waals surface area contributed by atoms with E-state index in [0.717, 1.165) is 11.1 Å². The summed E-state index contributed by atoms with van der Waals surface area (Å²) in [6.45, 7) is 2.46. The first-order valence-electron chi connectivity index (χ1n) is 4.40. The number of phenolic OH excluding ortho intramolecular Hbond substituents is 1. The van der Waals surface area contributed by atoms with E-state index in [0.29, 0.717) is 13.0 Å². The van der Waals surface area contributed by atoms with Crippen LogP contribution >= 0.6 is 12.4 Å². The molecule has 5 N–H and O–H groups in total. The molecule has 0 saturated carbocycles. The largest absolute Gasteiger partial charge is 0.508 e. The third-order valence-corrected chi connectivity index (χ3v) is 2.06. The maximum atomic E-state index is 9.57. The quantitative estimate of drug-likeness (QED) is 0.717. The first-order valence-corrected chi connectivity index (χ1v) is 4.40. The third kappa shape index (κ3) is 3.18. The summed E-state index contributed by atoms with van der Waals surface area (Å²) >= 11 is 0. The molecule has 3 nitrogen and oxygen atoms in total. The van der Waals surface area contributed by atoms with Gasteiger partial charge in [0.25, 0.3) is 0 Å². The predicted octanol–water partition coefficient (Wildman–Crippen LogP) is 1.47. The Bertz CT molecular complexity index is 291. The summed E-state index contributed by atoms with van der Waals surface area (Å²) in [5.41, 5.74) is 13.0. The van der Waals surface area contributed by atoms with Crippen LogP contribution in [0.1, 0.15) is 23.6 Å². The lowest BCUT2D eigenvalue weighted by atomic mass is 10.0. The van der Waals surface area contributed by atoms with Gasteiger partial charge in [0.2, 0.25) is 0 Å². The number of hydrogen-bond donors (Lipinski definition) is 3. The van der Waals surface area contributed by atoms with E-state index >= 15 is 0 Å². The molecule has 0 heterocycles. The molecule has 0 amide bonds. The van der Waals surface area contributed by atoms with Crippen LogP contribution in [0.15, 0.2) is 18.2 Å². The third-order valence-electron chi connectivity index (χ3n) is 2.06. The number of aryl methyl sites for hydroxylation is 1. The second-order valence-electron chi connectivity index (χ2n) is 3.25. The molecule has 0 aromatic heterocycles. The molecule has 1 aromatic carbocycles. The Morgan fingerprint density at radius 3 is 2.57 bits per heavy atom. The van der Waals surface area contributed by atoms with Crippen LogP contribution in [0.5, 0.6) is 5.75 Å². The lowest BCUT2D eigenvalue weighted by Crippen LogP contribution is -2.15. The van der Waals surface area contributed by atoms with Crippen molar-refractivity contribution in [3.63, 3.8) is 0 Å². The lowest BCUT2D eigenvalue weighted by Gasteiger charge is -2.12. The number of benzene rings is 1. The molecule has 0 aliphatic heterocycles. The van der Waals surface area contributed by atoms with Crippen molar-refractivity contribution in [3.8, 4) is 5.75 Å². The summed E-state index contributed by atoms with van der Waals surface area (Å²) in [4.78, 5) is 0. The van der Waals surface area contributed by atoms with Crippen molar-refractivity contribution in [2.75, 3.05) is 6.54 Å². The number of nitrogens with two attached hydrogens (primary N) is 2. The van der Waals surface area contributed by atoms with Gasteiger partial charge in [0.1, 0.15) is 5.75 Å². The molecule has 0 saturated heterocycles. The second-order valence-corrected chi connectivity index (χ2v) is 3.25. The molecule has 0 aliphatic carbocycles. The van der Waals surface area contributed by atoms with Gasteiger partial charge < -0.3 is 16.6 Å². The van der Waals surface area contributed by atoms with Crippen molar-refractivity contribution in [2.24, 2.45) is 11.5 Å². The highest BCUT2D eigenvalue weighted by atomic mass is 35.5. The van der Waals surface area contributed by atoms with Gasteiger partial charge in [0, 0.05) is 11.6 Å². The molecule has 0 radical (unpaired) electrons. The molecule has 0 unspecified atom stereocenters. The van der Waals surface area contributed by atoms with Gasteiger partial charge in [-0.1, -0.05) is 12.1 Å². The van der Waals surface area contributed by atoms with Gasteiger partial charge in [-0.3, -0.25) is 0 Å². The second kappa shape index (κ2) is 5.86. The van der Waals surface area contributed by atoms with Crippen molar-refractivity contribution >= 4 is 12.4 Å². The lowest BCUT2D eigenvalue weighted by molar-refractivity contribution is 0.458. The Morgan fingerprint density at radius 2 is 2.07 bits per heavy atom. The average molecular weight is 217 g/mol. The molecule has 80 valence electrons. The van der Waals surface area contributed by atoms with Crippen molar-refractivity contribution in [3.05, 3.63) is 29.3 Å². The van der Waals surface area contributed by atoms with Crippen LogP contribution in [0.3, 0.4) is 0 Å². The summed E-state index contributed by atoms with van der Waals surface area (Å²) in [6.07, 6.45) is 0.691. The molecule has 14 heavy (non-hydrogen) atoms. The van der Waals surface area contributed by atoms with E-state index in [1.54, 1.807) is 6.07 Å². The average Bonchev–Trinajstić information content (AvgIpc) is 2.04. The number of hydrogen-bond acceptors (Lipinski definition) is 3. The summed E-state index contributed by atoms with van der Waals surface area (Å²) in [5.74, 6) is 0.265. The summed E-state index contributed by atoms with van der Waals surface area (Å²) < 4.78 is 0. The predicted molar refractivity (Wildman–Crippen MR) is 60.7 cm³/mol. The minimum atomic E-state index is -0.161. The summed E-state index contributed by atoms with van der Waals surface area (Å²) in [7, 11) is 0. The fraction of sp³-hybridized carbons (Fsp3) is 0.400. The van der Waals surface area contributed by atoms with Crippen LogP contribution in [0.2, 0.25) is 0 Å². The van der Waals surface area contributed by atoms with Gasteiger partial charge in [0.15, 0.2) is 0 Å². The Balaban J connectivity index is 0.00000169. The standard InChI is InChI=1S/C10H16N2O.ClH/c1-7-2-3-8(10(13)6-7)9(12)4-5-11;/h2-3,6,9,13H,4-5,11-12H2,1H3;1H/t9-;/m0./s1. The summed E-state index contributed by atoms with van der Waals surface area (Å²) in [6, 6.07) is 5.34. The van der Waals surface area contributed by atoms with Crippen LogP contribution in [0.25, 0.3) is 0 Å². The first-order chi connectivity index (χ1) is 6.15. The Labute approximate surface area is 90.5 Å². The van der Waals surface area contributed by atoms with Crippen LogP contribution in [-0.2, 0) is 0 Å². The maximum Gasteiger partial charge on any atom is 0.120 e. The molecule has 1 aromatic rings. The van der Waals surface area contributed by atoms with E-state index in [2.05, 4.69) is 0 Å². The van der Waals surface area contributed by atoms with Gasteiger partial charge in [-0.25, -0.2) is 0 Å². The van der Waals surface area contributed by atoms with E-state index in [-0.39, 0.29) is 24.2 Å². The minimum absolute atomic E-state index is 0. The van der Waals surface area contributed by atoms with Crippen LogP contribution in [0, 0.1) is 6.92 Å². The smallest absolute Gasteiger partial charge is 0.120 e. The number of aromatic hydroxyl groups is 1. The first kappa shape index (κ1) is 13.2. The topological polar surface area (TPSA) is 72.3 Å². The molecular weight excluding hydrogens is 200 g/mol. The van der Waals surface area contributed by atoms with Crippen molar-refractivity contribution < 1.29 is 5.11 Å². The van der Waals surface area contributed by atoms with Crippen molar-refractivity contribution in [1.82, 2.24) is 0 Å². The molecule has 0 bridgehead atoms. The fourth-order valence-corrected chi connectivity index (χ4v) is 1.30. The molecule has 0 fully saturated rings. The van der Waals surface area contributed by atoms with Gasteiger partial charge in [-0.15, -0.1) is 12.4 Å². The van der Waals surface area contributed by atoms with Gasteiger partial charge in [-0.05, 0) is 31.5 Å². The molecular formula is C10H17ClN2O. The molecule has 0 spiro atoms. The Morgan fingerprint density at radius 1 is 1.43 bits per heavy atom. The molecule has 1 rings (SSSR count). The zero-order valence-corrected chi connectivity index (χ0v) is 9.05. The number of phenols is 1. The highest BCUT2D eigenvalue weighted by molar-refractivity contribution is 5.85. The molecule has 0 aliphatic rings. The van der Waals surface area contributed by atoms with E-state index < -0.39 is 0 Å². The van der Waals surface area contributed by atoms with Crippen molar-refractivity contribution in [2.45, 2.75) is 19.4 Å². The molecule has 4 heteroatoms. The highest BCUT2D eigenvalue weighted by Crippen LogP contribution is 2.25. The van der Waals surface area contributed by atoms with Crippen LogP contribution in [-0.4, -0.2) is 11.7 Å². The van der Waals surface area contributed by atoms with E-state index in [9.17, 15) is 5.11 Å². The maximum absolute atomic E-state index is 9.57. The minimum Gasteiger partial charge on any atom is -0.508 e. The number of rotatable bonds is 3. The SMILES string of the molecule is Cc1ccc([C@@H](N)CCN)c(O)c1.Cl. The zero-order chi connectivity index (χ0) is 9.84. The fourth-order valence-electron chi connectivity index (χ4n) is 1.30. The normalized spacial score (nSPS) is 11.9. The Kier molecular flexibility index (Phi) is 5.53. The van der Waals surface area contributed by atoms with Gasteiger partial charge in [0.05, 0.1) is 0 Å². The monoisotopic (exact) mass is 216 g/mol. The Hall–Kier alpha value is -0.770.